The fourth-order valence-electron chi connectivity index (χ4n) is 4.43. The van der Waals surface area contributed by atoms with E-state index in [-0.39, 0.29) is 37.7 Å². The van der Waals surface area contributed by atoms with Gasteiger partial charge in [-0.2, -0.15) is 0 Å². The molecule has 0 spiro atoms. The summed E-state index contributed by atoms with van der Waals surface area (Å²) in [6.45, 7) is 2.38. The van der Waals surface area contributed by atoms with Gasteiger partial charge in [0.1, 0.15) is 11.8 Å². The molecule has 1 atom stereocenters. The first-order chi connectivity index (χ1) is 19.5. The van der Waals surface area contributed by atoms with Gasteiger partial charge in [0.15, 0.2) is 0 Å². The second-order valence-electron chi connectivity index (χ2n) is 9.49. The minimum Gasteiger partial charge on any atom is -0.497 e. The van der Waals surface area contributed by atoms with Gasteiger partial charge in [0.25, 0.3) is 0 Å². The molecule has 0 saturated heterocycles. The molecular formula is C30H35Cl2N3O5S. The number of carbonyl (C=O) groups excluding carboxylic acids is 2. The fraction of sp³-hybridized carbons (Fsp3) is 0.333. The van der Waals surface area contributed by atoms with Crippen molar-refractivity contribution in [2.45, 2.75) is 38.8 Å². The third-order valence-corrected chi connectivity index (χ3v) is 8.27. The van der Waals surface area contributed by atoms with Gasteiger partial charge in [0.05, 0.1) is 19.1 Å². The number of likely N-dealkylation sites (N-methyl/N-ethyl adjacent to an activating group) is 1. The SMILES string of the molecule is CCNC(=O)[C@@H](Cc1ccccc1)N(Cc1ccc(Cl)cc1Cl)C(=O)CCCN(c1ccc(OC)cc1)S(C)(=O)=O. The Hall–Kier alpha value is -3.27. The smallest absolute Gasteiger partial charge is 0.243 e. The molecule has 3 aromatic rings. The average molecular weight is 621 g/mol. The number of hydrogen-bond donors (Lipinski definition) is 1. The number of ether oxygens (including phenoxy) is 1. The van der Waals surface area contributed by atoms with E-state index >= 15 is 0 Å². The maximum absolute atomic E-state index is 13.8. The van der Waals surface area contributed by atoms with Crippen LogP contribution in [0.5, 0.6) is 5.75 Å². The van der Waals surface area contributed by atoms with Gasteiger partial charge >= 0.3 is 0 Å². The van der Waals surface area contributed by atoms with Crippen molar-refractivity contribution in [3.63, 3.8) is 0 Å². The number of methoxy groups -OCH3 is 1. The van der Waals surface area contributed by atoms with Gasteiger partial charge in [0, 0.05) is 42.5 Å². The molecule has 3 rings (SSSR count). The van der Waals surface area contributed by atoms with E-state index in [4.69, 9.17) is 27.9 Å². The molecule has 41 heavy (non-hydrogen) atoms. The summed E-state index contributed by atoms with van der Waals surface area (Å²) in [4.78, 5) is 28.6. The third kappa shape index (κ3) is 9.38. The highest BCUT2D eigenvalue weighted by Crippen LogP contribution is 2.26. The van der Waals surface area contributed by atoms with Crippen LogP contribution >= 0.6 is 23.2 Å². The number of anilines is 1. The normalized spacial score (nSPS) is 11.9. The van der Waals surface area contributed by atoms with Crippen LogP contribution in [-0.2, 0) is 32.6 Å². The van der Waals surface area contributed by atoms with Crippen LogP contribution in [0.4, 0.5) is 5.69 Å². The second kappa shape index (κ2) is 15.1. The summed E-state index contributed by atoms with van der Waals surface area (Å²) in [7, 11) is -2.09. The quantitative estimate of drug-likeness (QED) is 0.263. The highest BCUT2D eigenvalue weighted by atomic mass is 35.5. The Labute approximate surface area is 252 Å². The van der Waals surface area contributed by atoms with Crippen molar-refractivity contribution in [2.24, 2.45) is 0 Å². The summed E-state index contributed by atoms with van der Waals surface area (Å²) in [6.07, 6.45) is 1.66. The van der Waals surface area contributed by atoms with Gasteiger partial charge in [-0.05, 0) is 60.9 Å². The van der Waals surface area contributed by atoms with E-state index in [9.17, 15) is 18.0 Å². The molecule has 1 N–H and O–H groups in total. The maximum atomic E-state index is 13.8. The molecule has 0 aliphatic carbocycles. The van der Waals surface area contributed by atoms with E-state index in [2.05, 4.69) is 5.32 Å². The summed E-state index contributed by atoms with van der Waals surface area (Å²) in [5.41, 5.74) is 2.00. The van der Waals surface area contributed by atoms with E-state index in [1.807, 2.05) is 37.3 Å². The number of nitrogens with zero attached hydrogens (tertiary/aromatic N) is 2. The van der Waals surface area contributed by atoms with Gasteiger partial charge in [-0.15, -0.1) is 0 Å². The van der Waals surface area contributed by atoms with Crippen LogP contribution in [0.1, 0.15) is 30.9 Å². The van der Waals surface area contributed by atoms with Crippen LogP contribution in [0, 0.1) is 0 Å². The molecule has 2 amide bonds. The number of rotatable bonds is 14. The second-order valence-corrected chi connectivity index (χ2v) is 12.2. The summed E-state index contributed by atoms with van der Waals surface area (Å²) < 4.78 is 31.6. The average Bonchev–Trinajstić information content (AvgIpc) is 2.94. The van der Waals surface area contributed by atoms with Crippen molar-refractivity contribution in [1.82, 2.24) is 10.2 Å². The summed E-state index contributed by atoms with van der Waals surface area (Å²) >= 11 is 12.6. The molecule has 8 nitrogen and oxygen atoms in total. The van der Waals surface area contributed by atoms with E-state index in [0.717, 1.165) is 11.8 Å². The lowest BCUT2D eigenvalue weighted by Gasteiger charge is -2.32. The van der Waals surface area contributed by atoms with Gasteiger partial charge < -0.3 is 15.0 Å². The van der Waals surface area contributed by atoms with Gasteiger partial charge in [-0.3, -0.25) is 13.9 Å². The molecule has 11 heteroatoms. The minimum absolute atomic E-state index is 0.0120. The minimum atomic E-state index is -3.62. The highest BCUT2D eigenvalue weighted by Gasteiger charge is 2.30. The molecule has 0 radical (unpaired) electrons. The number of hydrogen-bond acceptors (Lipinski definition) is 5. The Balaban J connectivity index is 1.88. The van der Waals surface area contributed by atoms with Crippen LogP contribution < -0.4 is 14.4 Å². The van der Waals surface area contributed by atoms with Crippen molar-refractivity contribution in [2.75, 3.05) is 30.8 Å². The fourth-order valence-corrected chi connectivity index (χ4v) is 5.87. The molecule has 3 aromatic carbocycles. The van der Waals surface area contributed by atoms with Crippen LogP contribution in [-0.4, -0.2) is 57.6 Å². The van der Waals surface area contributed by atoms with Crippen molar-refractivity contribution in [3.8, 4) is 5.75 Å². The standard InChI is InChI=1S/C30H35Cl2N3O5S/c1-4-33-30(37)28(19-22-9-6-5-7-10-22)34(21-23-12-13-24(31)20-27(23)32)29(36)11-8-18-35(41(3,38)39)25-14-16-26(40-2)17-15-25/h5-7,9-10,12-17,20,28H,4,8,11,18-19,21H2,1-3H3,(H,33,37)/t28-/m1/s1. The predicted octanol–water partition coefficient (Wildman–Crippen LogP) is 5.32. The number of benzene rings is 3. The van der Waals surface area contributed by atoms with Crippen molar-refractivity contribution in [1.29, 1.82) is 0 Å². The lowest BCUT2D eigenvalue weighted by molar-refractivity contribution is -0.141. The topological polar surface area (TPSA) is 96.0 Å². The molecule has 0 fully saturated rings. The molecule has 0 unspecified atom stereocenters. The summed E-state index contributed by atoms with van der Waals surface area (Å²) in [5, 5.41) is 3.69. The lowest BCUT2D eigenvalue weighted by atomic mass is 10.0. The van der Waals surface area contributed by atoms with E-state index < -0.39 is 16.1 Å². The van der Waals surface area contributed by atoms with Crippen LogP contribution in [0.15, 0.2) is 72.8 Å². The molecule has 220 valence electrons. The maximum Gasteiger partial charge on any atom is 0.243 e. The van der Waals surface area contributed by atoms with E-state index in [0.29, 0.717) is 40.0 Å². The predicted molar refractivity (Wildman–Crippen MR) is 164 cm³/mol. The molecule has 0 bridgehead atoms. The Bertz CT molecular complexity index is 1420. The van der Waals surface area contributed by atoms with Crippen molar-refractivity contribution < 1.29 is 22.7 Å². The Morgan fingerprint density at radius 3 is 2.27 bits per heavy atom. The summed E-state index contributed by atoms with van der Waals surface area (Å²) in [6, 6.07) is 20.3. The Morgan fingerprint density at radius 1 is 1.00 bits per heavy atom. The molecule has 0 aliphatic rings. The molecule has 0 aromatic heterocycles. The Kier molecular flexibility index (Phi) is 11.9. The van der Waals surface area contributed by atoms with Gasteiger partial charge in [0.2, 0.25) is 21.8 Å². The zero-order valence-corrected chi connectivity index (χ0v) is 25.7. The van der Waals surface area contributed by atoms with Crippen LogP contribution in [0.25, 0.3) is 0 Å². The summed E-state index contributed by atoms with van der Waals surface area (Å²) in [5.74, 6) is 0.0147. The third-order valence-electron chi connectivity index (χ3n) is 6.49. The molecule has 0 heterocycles. The number of sulfonamides is 1. The lowest BCUT2D eigenvalue weighted by Crippen LogP contribution is -2.50. The van der Waals surface area contributed by atoms with Crippen LogP contribution in [0.3, 0.4) is 0 Å². The first-order valence-corrected chi connectivity index (χ1v) is 15.8. The first-order valence-electron chi connectivity index (χ1n) is 13.2. The zero-order chi connectivity index (χ0) is 30.0. The monoisotopic (exact) mass is 619 g/mol. The van der Waals surface area contributed by atoms with Crippen LogP contribution in [0.2, 0.25) is 10.0 Å². The number of amides is 2. The van der Waals surface area contributed by atoms with E-state index in [1.54, 1.807) is 42.5 Å². The Morgan fingerprint density at radius 2 is 1.68 bits per heavy atom. The van der Waals surface area contributed by atoms with Crippen molar-refractivity contribution in [3.05, 3.63) is 94.0 Å². The highest BCUT2D eigenvalue weighted by molar-refractivity contribution is 7.92. The number of nitrogens with one attached hydrogen (secondary N) is 1. The van der Waals surface area contributed by atoms with Gasteiger partial charge in [-0.25, -0.2) is 8.42 Å². The molecule has 0 aliphatic heterocycles. The van der Waals surface area contributed by atoms with Crippen molar-refractivity contribution >= 4 is 50.7 Å². The van der Waals surface area contributed by atoms with E-state index in [1.165, 1.54) is 16.3 Å². The number of halogens is 2. The first kappa shape index (κ1) is 32.2. The van der Waals surface area contributed by atoms with Gasteiger partial charge in [-0.1, -0.05) is 59.6 Å². The molecular weight excluding hydrogens is 585 g/mol. The molecule has 0 saturated carbocycles. The zero-order valence-electron chi connectivity index (χ0n) is 23.3. The number of carbonyl (C=O) groups is 2. The largest absolute Gasteiger partial charge is 0.497 e.